The standard InChI is InChI=1S/C20H25FN2S/c1-13-5-6-14(2)18(15(13)3)24-20(4,19(22)23)12-11-16-7-9-17(21)10-8-16/h5-10H,11-12H2,1-4H3,(H3,22,23). The minimum Gasteiger partial charge on any atom is -0.386 e. The average molecular weight is 344 g/mol. The van der Waals surface area contributed by atoms with Crippen LogP contribution in [0.4, 0.5) is 4.39 Å². The molecule has 2 rings (SSSR count). The van der Waals surface area contributed by atoms with Crippen molar-refractivity contribution in [3.8, 4) is 0 Å². The van der Waals surface area contributed by atoms with E-state index >= 15 is 0 Å². The Hall–Kier alpha value is -1.81. The van der Waals surface area contributed by atoms with E-state index in [2.05, 4.69) is 32.9 Å². The van der Waals surface area contributed by atoms with E-state index in [9.17, 15) is 4.39 Å². The predicted octanol–water partition coefficient (Wildman–Crippen LogP) is 5.17. The molecule has 0 saturated heterocycles. The summed E-state index contributed by atoms with van der Waals surface area (Å²) in [5, 5.41) is 8.09. The fourth-order valence-corrected chi connectivity index (χ4v) is 3.89. The molecule has 0 aliphatic heterocycles. The lowest BCUT2D eigenvalue weighted by Gasteiger charge is -2.29. The third-order valence-corrected chi connectivity index (χ3v) is 6.28. The van der Waals surface area contributed by atoms with Gasteiger partial charge in [-0.15, -0.1) is 11.8 Å². The molecular weight excluding hydrogens is 319 g/mol. The summed E-state index contributed by atoms with van der Waals surface area (Å²) in [5.41, 5.74) is 10.7. The first-order valence-electron chi connectivity index (χ1n) is 8.08. The Morgan fingerprint density at radius 2 is 1.67 bits per heavy atom. The molecule has 24 heavy (non-hydrogen) atoms. The van der Waals surface area contributed by atoms with Gasteiger partial charge in [0.2, 0.25) is 0 Å². The van der Waals surface area contributed by atoms with Crippen molar-refractivity contribution in [2.75, 3.05) is 0 Å². The molecule has 0 aromatic heterocycles. The van der Waals surface area contributed by atoms with Gasteiger partial charge in [0.25, 0.3) is 0 Å². The number of hydrogen-bond acceptors (Lipinski definition) is 2. The molecule has 3 N–H and O–H groups in total. The fourth-order valence-electron chi connectivity index (χ4n) is 2.58. The first kappa shape index (κ1) is 18.5. The van der Waals surface area contributed by atoms with Crippen molar-refractivity contribution in [1.29, 1.82) is 5.41 Å². The van der Waals surface area contributed by atoms with Gasteiger partial charge in [0.05, 0.1) is 4.75 Å². The molecule has 2 nitrogen and oxygen atoms in total. The maximum absolute atomic E-state index is 13.0. The quantitative estimate of drug-likeness (QED) is 0.431. The lowest BCUT2D eigenvalue weighted by Crippen LogP contribution is -2.38. The smallest absolute Gasteiger partial charge is 0.123 e. The Bertz CT molecular complexity index is 740. The number of nitrogens with two attached hydrogens (primary N) is 1. The lowest BCUT2D eigenvalue weighted by molar-refractivity contribution is 0.626. The van der Waals surface area contributed by atoms with Crippen LogP contribution in [0.25, 0.3) is 0 Å². The minimum absolute atomic E-state index is 0.176. The van der Waals surface area contributed by atoms with Gasteiger partial charge in [-0.1, -0.05) is 24.3 Å². The Labute approximate surface area is 148 Å². The van der Waals surface area contributed by atoms with Gasteiger partial charge in [-0.3, -0.25) is 5.41 Å². The van der Waals surface area contributed by atoms with Gasteiger partial charge in [0, 0.05) is 4.90 Å². The highest BCUT2D eigenvalue weighted by Gasteiger charge is 2.30. The molecule has 4 heteroatoms. The molecule has 0 radical (unpaired) electrons. The highest BCUT2D eigenvalue weighted by molar-refractivity contribution is 8.01. The average Bonchev–Trinajstić information content (AvgIpc) is 2.54. The predicted molar refractivity (Wildman–Crippen MR) is 102 cm³/mol. The number of halogens is 1. The zero-order chi connectivity index (χ0) is 17.9. The van der Waals surface area contributed by atoms with Gasteiger partial charge in [-0.25, -0.2) is 4.39 Å². The number of aryl methyl sites for hydroxylation is 3. The van der Waals surface area contributed by atoms with E-state index in [1.54, 1.807) is 23.9 Å². The summed E-state index contributed by atoms with van der Waals surface area (Å²) in [4.78, 5) is 1.20. The Balaban J connectivity index is 2.23. The molecule has 1 unspecified atom stereocenters. The summed E-state index contributed by atoms with van der Waals surface area (Å²) in [6.45, 7) is 8.33. The zero-order valence-corrected chi connectivity index (χ0v) is 15.6. The second-order valence-electron chi connectivity index (χ2n) is 6.53. The second kappa shape index (κ2) is 7.39. The summed E-state index contributed by atoms with van der Waals surface area (Å²) >= 11 is 1.67. The van der Waals surface area contributed by atoms with Gasteiger partial charge in [-0.05, 0) is 74.9 Å². The van der Waals surface area contributed by atoms with Gasteiger partial charge >= 0.3 is 0 Å². The van der Waals surface area contributed by atoms with Gasteiger partial charge in [0.1, 0.15) is 11.7 Å². The largest absolute Gasteiger partial charge is 0.386 e. The number of hydrogen-bond donors (Lipinski definition) is 2. The molecular formula is C20H25FN2S. The van der Waals surface area contributed by atoms with Gasteiger partial charge in [0.15, 0.2) is 0 Å². The van der Waals surface area contributed by atoms with Crippen LogP contribution in [0.2, 0.25) is 0 Å². The zero-order valence-electron chi connectivity index (χ0n) is 14.7. The van der Waals surface area contributed by atoms with Crippen LogP contribution in [0.3, 0.4) is 0 Å². The molecule has 0 heterocycles. The third-order valence-electron chi connectivity index (χ3n) is 4.57. The van der Waals surface area contributed by atoms with E-state index < -0.39 is 4.75 Å². The van der Waals surface area contributed by atoms with Crippen molar-refractivity contribution in [2.24, 2.45) is 5.73 Å². The molecule has 128 valence electrons. The minimum atomic E-state index is -0.488. The highest BCUT2D eigenvalue weighted by atomic mass is 32.2. The van der Waals surface area contributed by atoms with Crippen molar-refractivity contribution in [3.63, 3.8) is 0 Å². The number of amidine groups is 1. The summed E-state index contributed by atoms with van der Waals surface area (Å²) in [5.74, 6) is -0.0524. The van der Waals surface area contributed by atoms with E-state index in [0.717, 1.165) is 18.4 Å². The molecule has 0 bridgehead atoms. The summed E-state index contributed by atoms with van der Waals surface area (Å²) < 4.78 is 12.6. The maximum atomic E-state index is 13.0. The molecule has 2 aromatic rings. The van der Waals surface area contributed by atoms with E-state index in [4.69, 9.17) is 11.1 Å². The number of benzene rings is 2. The molecule has 0 fully saturated rings. The lowest BCUT2D eigenvalue weighted by atomic mass is 9.99. The van der Waals surface area contributed by atoms with Crippen molar-refractivity contribution >= 4 is 17.6 Å². The number of thioether (sulfide) groups is 1. The topological polar surface area (TPSA) is 49.9 Å². The summed E-state index contributed by atoms with van der Waals surface area (Å²) in [6, 6.07) is 10.8. The molecule has 2 aromatic carbocycles. The molecule has 0 saturated carbocycles. The Morgan fingerprint density at radius 3 is 2.25 bits per heavy atom. The van der Waals surface area contributed by atoms with Crippen molar-refractivity contribution in [3.05, 3.63) is 64.5 Å². The second-order valence-corrected chi connectivity index (χ2v) is 8.04. The Kier molecular flexibility index (Phi) is 5.70. The van der Waals surface area contributed by atoms with Crippen molar-refractivity contribution in [1.82, 2.24) is 0 Å². The summed E-state index contributed by atoms with van der Waals surface area (Å²) in [6.07, 6.45) is 1.48. The van der Waals surface area contributed by atoms with Crippen LogP contribution in [0.5, 0.6) is 0 Å². The maximum Gasteiger partial charge on any atom is 0.123 e. The molecule has 0 amide bonds. The van der Waals surface area contributed by atoms with Crippen LogP contribution < -0.4 is 5.73 Å². The number of rotatable bonds is 6. The van der Waals surface area contributed by atoms with Crippen LogP contribution in [-0.4, -0.2) is 10.6 Å². The number of nitrogens with one attached hydrogen (secondary N) is 1. The van der Waals surface area contributed by atoms with Crippen LogP contribution >= 0.6 is 11.8 Å². The summed E-state index contributed by atoms with van der Waals surface area (Å²) in [7, 11) is 0. The molecule has 0 aliphatic rings. The van der Waals surface area contributed by atoms with E-state index in [0.29, 0.717) is 0 Å². The van der Waals surface area contributed by atoms with Crippen molar-refractivity contribution < 1.29 is 4.39 Å². The van der Waals surface area contributed by atoms with Crippen LogP contribution in [-0.2, 0) is 6.42 Å². The van der Waals surface area contributed by atoms with Gasteiger partial charge in [-0.2, -0.15) is 0 Å². The van der Waals surface area contributed by atoms with Crippen LogP contribution in [0, 0.1) is 32.0 Å². The third kappa shape index (κ3) is 4.18. The van der Waals surface area contributed by atoms with Gasteiger partial charge < -0.3 is 5.73 Å². The van der Waals surface area contributed by atoms with E-state index in [1.165, 1.54) is 33.7 Å². The first-order chi connectivity index (χ1) is 11.2. The monoisotopic (exact) mass is 344 g/mol. The Morgan fingerprint density at radius 1 is 1.08 bits per heavy atom. The SMILES string of the molecule is Cc1ccc(C)c(SC(C)(CCc2ccc(F)cc2)C(=N)N)c1C. The normalized spacial score (nSPS) is 13.5. The van der Waals surface area contributed by atoms with E-state index in [-0.39, 0.29) is 11.7 Å². The molecule has 1 atom stereocenters. The fraction of sp³-hybridized carbons (Fsp3) is 0.350. The van der Waals surface area contributed by atoms with Crippen LogP contribution in [0.1, 0.15) is 35.6 Å². The first-order valence-corrected chi connectivity index (χ1v) is 8.89. The van der Waals surface area contributed by atoms with E-state index in [1.807, 2.05) is 6.92 Å². The molecule has 0 aliphatic carbocycles. The highest BCUT2D eigenvalue weighted by Crippen LogP contribution is 2.40. The molecule has 0 spiro atoms. The van der Waals surface area contributed by atoms with Crippen LogP contribution in [0.15, 0.2) is 41.3 Å². The van der Waals surface area contributed by atoms with Crippen molar-refractivity contribution in [2.45, 2.75) is 50.2 Å².